The molecule has 73 heavy (non-hydrogen) atoms. The second-order valence-electron chi connectivity index (χ2n) is 21.4. The predicted molar refractivity (Wildman–Crippen MR) is 299 cm³/mol. The van der Waals surface area contributed by atoms with Crippen LogP contribution in [0.3, 0.4) is 0 Å². The molecule has 7 rings (SSSR count). The Morgan fingerprint density at radius 3 is 2.38 bits per heavy atom. The third-order valence-corrected chi connectivity index (χ3v) is 14.2. The standard InChI is InChI=1S/C55H71F2N7O6.3H2S/c1-12-63-46-18-17-36-27-41(46)42(49(63)40-15-13-21-58-48(40)34(4)5)28-54(6,7)32-70-53(68)44-16-14-22-64(60-44)52(67)45(25-35-23-37(36)26-38(24-35)50(56)57)59-51(66)43(33(2)3)31-69-39-29-62(30-39)47(65)19-20-55(8,9)61(10)11;;;/h13,15,17-18,21,23-24,26-27,33-34,39,43-45,50,60H,12,14,16,22,25,28-32H2,1-11H3,(H,59,66);3*1H2/t43?,44-,45-;;;/m0.../s1. The van der Waals surface area contributed by atoms with Gasteiger partial charge in [0.15, 0.2) is 0 Å². The molecule has 4 aromatic rings. The van der Waals surface area contributed by atoms with Crippen LogP contribution in [0.1, 0.15) is 110 Å². The zero-order valence-corrected chi connectivity index (χ0v) is 47.3. The Hall–Kier alpha value is -4.64. The van der Waals surface area contributed by atoms with Crippen molar-refractivity contribution >= 4 is 75.1 Å². The summed E-state index contributed by atoms with van der Waals surface area (Å²) in [5.41, 5.74) is 8.53. The van der Waals surface area contributed by atoms with Gasteiger partial charge in [0.1, 0.15) is 12.1 Å². The SMILES string of the molecule is CCn1c(-c2cccnc2C(C)C)c2c3cc(ccc31)-c1cc(cc(C(F)F)c1)C[C@H](NC(=O)C(COC1CN(C(=O)C#CC(C)(C)N(C)C)C1)C(C)C)C(=O)N1CCC[C@H](N1)C(=O)OCC(C)(C)C2.S.S.S. The molecule has 2 aromatic heterocycles. The van der Waals surface area contributed by atoms with Crippen LogP contribution >= 0.6 is 40.5 Å². The highest BCUT2D eigenvalue weighted by Gasteiger charge is 2.38. The van der Waals surface area contributed by atoms with E-state index in [1.165, 1.54) is 17.1 Å². The van der Waals surface area contributed by atoms with Crippen molar-refractivity contribution in [3.05, 3.63) is 77.1 Å². The average Bonchev–Trinajstić information content (AvgIpc) is 3.60. The number of aromatic nitrogens is 2. The zero-order valence-electron chi connectivity index (χ0n) is 44.3. The summed E-state index contributed by atoms with van der Waals surface area (Å²) in [7, 11) is 3.80. The Morgan fingerprint density at radius 2 is 1.74 bits per heavy atom. The molecule has 0 aliphatic carbocycles. The summed E-state index contributed by atoms with van der Waals surface area (Å²) in [6, 6.07) is 12.8. The number of carbonyl (C=O) groups is 4. The lowest BCUT2D eigenvalue weighted by molar-refractivity contribution is -0.155. The van der Waals surface area contributed by atoms with E-state index in [1.54, 1.807) is 4.90 Å². The van der Waals surface area contributed by atoms with Gasteiger partial charge in [0, 0.05) is 66.2 Å². The Labute approximate surface area is 451 Å². The largest absolute Gasteiger partial charge is 0.464 e. The second kappa shape index (κ2) is 25.3. The van der Waals surface area contributed by atoms with Gasteiger partial charge in [-0.3, -0.25) is 34.1 Å². The number of pyridine rings is 1. The van der Waals surface area contributed by atoms with Gasteiger partial charge in [-0.05, 0) is 124 Å². The lowest BCUT2D eigenvalue weighted by Crippen LogP contribution is -2.61. The molecule has 2 saturated heterocycles. The van der Waals surface area contributed by atoms with Crippen LogP contribution in [0.2, 0.25) is 0 Å². The van der Waals surface area contributed by atoms with Crippen molar-refractivity contribution < 1.29 is 37.4 Å². The molecular formula is C55H77F2N7O6S3. The number of esters is 1. The summed E-state index contributed by atoms with van der Waals surface area (Å²) in [5, 5.41) is 5.30. The van der Waals surface area contributed by atoms with Crippen LogP contribution < -0.4 is 10.7 Å². The van der Waals surface area contributed by atoms with E-state index in [4.69, 9.17) is 14.5 Å². The summed E-state index contributed by atoms with van der Waals surface area (Å²) in [6.07, 6.45) is 0.00864. The maximum absolute atomic E-state index is 15.0. The Morgan fingerprint density at radius 1 is 1.03 bits per heavy atom. The summed E-state index contributed by atoms with van der Waals surface area (Å²) < 4.78 is 44.5. The molecule has 3 aliphatic heterocycles. The molecule has 5 heterocycles. The molecule has 13 nitrogen and oxygen atoms in total. The van der Waals surface area contributed by atoms with Gasteiger partial charge in [-0.1, -0.05) is 65.7 Å². The fourth-order valence-corrected chi connectivity index (χ4v) is 9.46. The molecule has 400 valence electrons. The lowest BCUT2D eigenvalue weighted by atomic mass is 9.83. The highest BCUT2D eigenvalue weighted by Crippen LogP contribution is 2.42. The summed E-state index contributed by atoms with van der Waals surface area (Å²) in [6.45, 7) is 19.8. The van der Waals surface area contributed by atoms with Crippen molar-refractivity contribution in [1.29, 1.82) is 0 Å². The minimum atomic E-state index is -2.82. The van der Waals surface area contributed by atoms with E-state index < -0.39 is 53.2 Å². The molecule has 6 bridgehead atoms. The van der Waals surface area contributed by atoms with Crippen molar-refractivity contribution in [2.45, 2.75) is 131 Å². The first-order valence-electron chi connectivity index (χ1n) is 24.8. The molecular weight excluding hydrogens is 989 g/mol. The number of hydrogen-bond acceptors (Lipinski definition) is 9. The molecule has 2 N–H and O–H groups in total. The van der Waals surface area contributed by atoms with E-state index >= 15 is 0 Å². The van der Waals surface area contributed by atoms with Gasteiger partial charge >= 0.3 is 5.97 Å². The number of cyclic esters (lactones) is 1. The first-order valence-corrected chi connectivity index (χ1v) is 24.8. The third-order valence-electron chi connectivity index (χ3n) is 14.2. The normalized spacial score (nSPS) is 18.7. The molecule has 0 saturated carbocycles. The highest BCUT2D eigenvalue weighted by molar-refractivity contribution is 7.59. The summed E-state index contributed by atoms with van der Waals surface area (Å²) in [4.78, 5) is 64.2. The Kier molecular flexibility index (Phi) is 21.1. The van der Waals surface area contributed by atoms with Gasteiger partial charge in [0.25, 0.3) is 18.2 Å². The highest BCUT2D eigenvalue weighted by atomic mass is 32.1. The minimum Gasteiger partial charge on any atom is -0.464 e. The molecule has 0 spiro atoms. The van der Waals surface area contributed by atoms with Crippen molar-refractivity contribution in [3.63, 3.8) is 0 Å². The minimum absolute atomic E-state index is 0. The molecule has 2 aromatic carbocycles. The van der Waals surface area contributed by atoms with Crippen molar-refractivity contribution in [3.8, 4) is 34.2 Å². The van der Waals surface area contributed by atoms with Gasteiger partial charge < -0.3 is 24.3 Å². The third kappa shape index (κ3) is 14.0. The number of rotatable bonds is 11. The number of ether oxygens (including phenoxy) is 2. The molecule has 2 fully saturated rings. The molecule has 18 heteroatoms. The average molecular weight is 1070 g/mol. The number of aryl methyl sites for hydroxylation is 1. The Bertz CT molecular complexity index is 2680. The van der Waals surface area contributed by atoms with Crippen molar-refractivity contribution in [1.82, 2.24) is 35.1 Å². The van der Waals surface area contributed by atoms with E-state index in [0.717, 1.165) is 33.4 Å². The molecule has 0 radical (unpaired) electrons. The topological polar surface area (TPSA) is 138 Å². The van der Waals surface area contributed by atoms with Crippen LogP contribution in [0.4, 0.5) is 8.78 Å². The first kappa shape index (κ1) is 60.9. The van der Waals surface area contributed by atoms with Crippen LogP contribution in [-0.4, -0.2) is 119 Å². The van der Waals surface area contributed by atoms with Crippen LogP contribution in [-0.2, 0) is 48.0 Å². The van der Waals surface area contributed by atoms with Crippen molar-refractivity contribution in [2.75, 3.05) is 46.9 Å². The Balaban J connectivity index is 0.00000385. The molecule has 3 aliphatic rings. The fourth-order valence-electron chi connectivity index (χ4n) is 9.46. The quantitative estimate of drug-likeness (QED) is 0.112. The molecule has 3 amide bonds. The van der Waals surface area contributed by atoms with Gasteiger partial charge in [-0.2, -0.15) is 40.5 Å². The maximum Gasteiger partial charge on any atom is 0.324 e. The number of amides is 3. The summed E-state index contributed by atoms with van der Waals surface area (Å²) in [5.74, 6) is 3.24. The van der Waals surface area contributed by atoms with E-state index in [-0.39, 0.29) is 96.1 Å². The van der Waals surface area contributed by atoms with Gasteiger partial charge in [0.2, 0.25) is 5.91 Å². The number of carbonyl (C=O) groups excluding carboxylic acids is 4. The number of benzene rings is 2. The van der Waals surface area contributed by atoms with Crippen LogP contribution in [0.15, 0.2) is 54.7 Å². The van der Waals surface area contributed by atoms with Gasteiger partial charge in [-0.25, -0.2) is 14.2 Å². The van der Waals surface area contributed by atoms with E-state index in [9.17, 15) is 28.0 Å². The zero-order chi connectivity index (χ0) is 50.8. The number of hydrazine groups is 1. The number of fused-ring (bicyclic) bond motifs is 6. The van der Waals surface area contributed by atoms with E-state index in [1.807, 2.05) is 77.2 Å². The van der Waals surface area contributed by atoms with Crippen molar-refractivity contribution in [2.24, 2.45) is 17.3 Å². The number of hydrogen-bond donors (Lipinski definition) is 2. The number of likely N-dealkylation sites (tertiary alicyclic amines) is 1. The number of alkyl halides is 2. The van der Waals surface area contributed by atoms with Crippen LogP contribution in [0, 0.1) is 29.1 Å². The van der Waals surface area contributed by atoms with Gasteiger partial charge in [0.05, 0.1) is 42.2 Å². The number of nitrogens with zero attached hydrogens (tertiary/aromatic N) is 5. The monoisotopic (exact) mass is 1070 g/mol. The maximum atomic E-state index is 15.0. The molecule has 1 unspecified atom stereocenters. The van der Waals surface area contributed by atoms with Gasteiger partial charge in [-0.15, -0.1) is 0 Å². The van der Waals surface area contributed by atoms with E-state index in [0.29, 0.717) is 55.6 Å². The molecule has 3 atom stereocenters. The second-order valence-corrected chi connectivity index (χ2v) is 21.4. The number of halogens is 2. The smallest absolute Gasteiger partial charge is 0.324 e. The van der Waals surface area contributed by atoms with Crippen LogP contribution in [0.5, 0.6) is 0 Å². The van der Waals surface area contributed by atoms with E-state index in [2.05, 4.69) is 73.9 Å². The number of nitrogens with one attached hydrogen (secondary N) is 2. The first-order chi connectivity index (χ1) is 33.1. The summed E-state index contributed by atoms with van der Waals surface area (Å²) >= 11 is 0. The predicted octanol–water partition coefficient (Wildman–Crippen LogP) is 8.28. The fraction of sp³-hybridized carbons (Fsp3) is 0.545. The van der Waals surface area contributed by atoms with Crippen LogP contribution in [0.25, 0.3) is 33.3 Å². The lowest BCUT2D eigenvalue weighted by Gasteiger charge is -2.39.